The number of hydrogen-bond acceptors (Lipinski definition) is 3. The van der Waals surface area contributed by atoms with E-state index in [0.717, 1.165) is 38.3 Å². The maximum absolute atomic E-state index is 5.72. The molecular weight excluding hydrogens is 188 g/mol. The van der Waals surface area contributed by atoms with Crippen molar-refractivity contribution in [2.24, 2.45) is 11.8 Å². The van der Waals surface area contributed by atoms with Crippen LogP contribution in [0.4, 0.5) is 0 Å². The molecule has 0 saturated carbocycles. The lowest BCUT2D eigenvalue weighted by atomic mass is 9.99. The molecule has 0 radical (unpaired) electrons. The summed E-state index contributed by atoms with van der Waals surface area (Å²) in [4.78, 5) is 0. The highest BCUT2D eigenvalue weighted by molar-refractivity contribution is 5.20. The summed E-state index contributed by atoms with van der Waals surface area (Å²) in [5.74, 6) is 7.32. The molecule has 0 aliphatic carbocycles. The van der Waals surface area contributed by atoms with Crippen molar-refractivity contribution in [2.75, 3.05) is 19.7 Å². The molecule has 1 heterocycles. The molecule has 1 fully saturated rings. The maximum atomic E-state index is 5.72. The zero-order valence-electron chi connectivity index (χ0n) is 8.93. The summed E-state index contributed by atoms with van der Waals surface area (Å²) in [5, 5.41) is 1.89. The molecule has 2 N–H and O–H groups in total. The average molecular weight is 206 g/mol. The number of hydrogen-bond donors (Lipinski definition) is 1. The van der Waals surface area contributed by atoms with E-state index >= 15 is 0 Å². The first-order valence-corrected chi connectivity index (χ1v) is 5.52. The highest BCUT2D eigenvalue weighted by atomic mass is 16.5. The standard InChI is InChI=1S/C12H18N2O/c13-14-8-6-11(7-9-14)10-15-12-4-2-1-3-5-12/h1-5,11H,6-10,13H2. The van der Waals surface area contributed by atoms with Gasteiger partial charge in [-0.1, -0.05) is 18.2 Å². The highest BCUT2D eigenvalue weighted by Crippen LogP contribution is 2.17. The molecule has 1 aliphatic heterocycles. The quantitative estimate of drug-likeness (QED) is 0.764. The largest absolute Gasteiger partial charge is 0.493 e. The molecule has 0 amide bonds. The van der Waals surface area contributed by atoms with E-state index in [-0.39, 0.29) is 0 Å². The summed E-state index contributed by atoms with van der Waals surface area (Å²) in [5.41, 5.74) is 0. The second kappa shape index (κ2) is 5.14. The van der Waals surface area contributed by atoms with Crippen LogP contribution in [0.1, 0.15) is 12.8 Å². The molecule has 0 atom stereocenters. The van der Waals surface area contributed by atoms with Gasteiger partial charge in [0.2, 0.25) is 0 Å². The predicted octanol–water partition coefficient (Wildman–Crippen LogP) is 1.65. The Morgan fingerprint density at radius 1 is 1.20 bits per heavy atom. The summed E-state index contributed by atoms with van der Waals surface area (Å²) in [6.45, 7) is 2.80. The topological polar surface area (TPSA) is 38.5 Å². The third kappa shape index (κ3) is 3.22. The fourth-order valence-corrected chi connectivity index (χ4v) is 1.85. The highest BCUT2D eigenvalue weighted by Gasteiger charge is 2.17. The van der Waals surface area contributed by atoms with Crippen LogP contribution in [0.3, 0.4) is 0 Å². The van der Waals surface area contributed by atoms with Gasteiger partial charge in [-0.25, -0.2) is 5.01 Å². The molecular formula is C12H18N2O. The van der Waals surface area contributed by atoms with E-state index in [4.69, 9.17) is 10.6 Å². The molecule has 0 unspecified atom stereocenters. The third-order valence-corrected chi connectivity index (χ3v) is 2.88. The van der Waals surface area contributed by atoms with Crippen molar-refractivity contribution in [3.8, 4) is 5.75 Å². The number of para-hydroxylation sites is 1. The van der Waals surface area contributed by atoms with Crippen molar-refractivity contribution in [2.45, 2.75) is 12.8 Å². The molecule has 3 nitrogen and oxygen atoms in total. The molecule has 1 aliphatic rings. The van der Waals surface area contributed by atoms with Gasteiger partial charge in [0.1, 0.15) is 5.75 Å². The van der Waals surface area contributed by atoms with Gasteiger partial charge in [0, 0.05) is 13.1 Å². The van der Waals surface area contributed by atoms with Gasteiger partial charge in [-0.3, -0.25) is 5.84 Å². The molecule has 1 aromatic carbocycles. The molecule has 15 heavy (non-hydrogen) atoms. The van der Waals surface area contributed by atoms with Crippen molar-refractivity contribution in [1.29, 1.82) is 0 Å². The molecule has 1 aromatic rings. The Kier molecular flexibility index (Phi) is 3.59. The minimum Gasteiger partial charge on any atom is -0.493 e. The minimum absolute atomic E-state index is 0.657. The first-order chi connectivity index (χ1) is 7.34. The maximum Gasteiger partial charge on any atom is 0.119 e. The van der Waals surface area contributed by atoms with Crippen LogP contribution in [-0.2, 0) is 0 Å². The Morgan fingerprint density at radius 2 is 1.87 bits per heavy atom. The second-order valence-corrected chi connectivity index (χ2v) is 4.10. The minimum atomic E-state index is 0.657. The first-order valence-electron chi connectivity index (χ1n) is 5.52. The lowest BCUT2D eigenvalue weighted by Crippen LogP contribution is -2.40. The van der Waals surface area contributed by atoms with Crippen LogP contribution in [0.25, 0.3) is 0 Å². The van der Waals surface area contributed by atoms with Gasteiger partial charge in [0.15, 0.2) is 0 Å². The first kappa shape index (κ1) is 10.5. The fraction of sp³-hybridized carbons (Fsp3) is 0.500. The van der Waals surface area contributed by atoms with Crippen LogP contribution < -0.4 is 10.6 Å². The Hall–Kier alpha value is -1.06. The summed E-state index contributed by atoms with van der Waals surface area (Å²) in [6, 6.07) is 9.99. The van der Waals surface area contributed by atoms with E-state index in [1.165, 1.54) is 0 Å². The molecule has 2 rings (SSSR count). The Labute approximate surface area is 90.8 Å². The molecule has 0 aromatic heterocycles. The van der Waals surface area contributed by atoms with Crippen molar-refractivity contribution in [1.82, 2.24) is 5.01 Å². The lowest BCUT2D eigenvalue weighted by molar-refractivity contribution is 0.143. The van der Waals surface area contributed by atoms with Crippen LogP contribution in [0, 0.1) is 5.92 Å². The van der Waals surface area contributed by atoms with Gasteiger partial charge >= 0.3 is 0 Å². The Morgan fingerprint density at radius 3 is 2.53 bits per heavy atom. The van der Waals surface area contributed by atoms with Crippen molar-refractivity contribution in [3.63, 3.8) is 0 Å². The third-order valence-electron chi connectivity index (χ3n) is 2.88. The monoisotopic (exact) mass is 206 g/mol. The molecule has 1 saturated heterocycles. The van der Waals surface area contributed by atoms with Gasteiger partial charge in [-0.2, -0.15) is 0 Å². The van der Waals surface area contributed by atoms with E-state index in [1.54, 1.807) is 0 Å². The zero-order chi connectivity index (χ0) is 10.5. The Balaban J connectivity index is 1.74. The average Bonchev–Trinajstić information content (AvgIpc) is 2.30. The normalized spacial score (nSPS) is 19.0. The number of nitrogens with two attached hydrogens (primary N) is 1. The van der Waals surface area contributed by atoms with Gasteiger partial charge in [-0.15, -0.1) is 0 Å². The number of hydrazine groups is 1. The second-order valence-electron chi connectivity index (χ2n) is 4.10. The van der Waals surface area contributed by atoms with E-state index in [9.17, 15) is 0 Å². The van der Waals surface area contributed by atoms with E-state index in [1.807, 2.05) is 35.3 Å². The summed E-state index contributed by atoms with van der Waals surface area (Å²) >= 11 is 0. The van der Waals surface area contributed by atoms with Crippen LogP contribution in [-0.4, -0.2) is 24.7 Å². The molecule has 3 heteroatoms. The van der Waals surface area contributed by atoms with Gasteiger partial charge < -0.3 is 4.74 Å². The SMILES string of the molecule is NN1CCC(COc2ccccc2)CC1. The summed E-state index contributed by atoms with van der Waals surface area (Å²) in [6.07, 6.45) is 2.28. The van der Waals surface area contributed by atoms with Crippen LogP contribution in [0.15, 0.2) is 30.3 Å². The number of nitrogens with zero attached hydrogens (tertiary/aromatic N) is 1. The molecule has 82 valence electrons. The van der Waals surface area contributed by atoms with Crippen molar-refractivity contribution < 1.29 is 4.74 Å². The predicted molar refractivity (Wildman–Crippen MR) is 60.4 cm³/mol. The molecule has 0 bridgehead atoms. The van der Waals surface area contributed by atoms with Gasteiger partial charge in [0.25, 0.3) is 0 Å². The van der Waals surface area contributed by atoms with Crippen molar-refractivity contribution >= 4 is 0 Å². The van der Waals surface area contributed by atoms with Crippen LogP contribution in [0.2, 0.25) is 0 Å². The Bertz CT molecular complexity index is 281. The van der Waals surface area contributed by atoms with Crippen LogP contribution in [0.5, 0.6) is 5.75 Å². The smallest absolute Gasteiger partial charge is 0.119 e. The van der Waals surface area contributed by atoms with Crippen LogP contribution >= 0.6 is 0 Å². The van der Waals surface area contributed by atoms with E-state index < -0.39 is 0 Å². The number of piperidine rings is 1. The number of rotatable bonds is 3. The van der Waals surface area contributed by atoms with E-state index in [0.29, 0.717) is 5.92 Å². The summed E-state index contributed by atoms with van der Waals surface area (Å²) in [7, 11) is 0. The zero-order valence-corrected chi connectivity index (χ0v) is 8.93. The van der Waals surface area contributed by atoms with Gasteiger partial charge in [0.05, 0.1) is 6.61 Å². The number of benzene rings is 1. The van der Waals surface area contributed by atoms with Crippen molar-refractivity contribution in [3.05, 3.63) is 30.3 Å². The molecule has 0 spiro atoms. The number of ether oxygens (including phenoxy) is 1. The lowest BCUT2D eigenvalue weighted by Gasteiger charge is -2.28. The fourth-order valence-electron chi connectivity index (χ4n) is 1.85. The summed E-state index contributed by atoms with van der Waals surface area (Å²) < 4.78 is 5.72. The van der Waals surface area contributed by atoms with E-state index in [2.05, 4.69) is 0 Å². The van der Waals surface area contributed by atoms with Gasteiger partial charge in [-0.05, 0) is 30.9 Å².